The number of fused-ring (bicyclic) bond motifs is 1. The third kappa shape index (κ3) is 2.18. The zero-order chi connectivity index (χ0) is 15.9. The number of primary amides is 1. The van der Waals surface area contributed by atoms with Crippen LogP contribution >= 0.6 is 0 Å². The van der Waals surface area contributed by atoms with Gasteiger partial charge >= 0.3 is 6.18 Å². The molecule has 0 aliphatic heterocycles. The summed E-state index contributed by atoms with van der Waals surface area (Å²) in [6.45, 7) is 0. The smallest absolute Gasteiger partial charge is 0.364 e. The lowest BCUT2D eigenvalue weighted by molar-refractivity contribution is -0.137. The molecule has 0 aliphatic carbocycles. The average Bonchev–Trinajstić information content (AvgIpc) is 2.85. The first-order valence-corrected chi connectivity index (χ1v) is 6.20. The summed E-state index contributed by atoms with van der Waals surface area (Å²) in [4.78, 5) is 15.7. The lowest BCUT2D eigenvalue weighted by Gasteiger charge is -2.11. The standard InChI is InChI=1S/C14H9F3N4O/c15-14(16,17)9-5-2-1-4-8(9)11-12(13(18)22)21-10(20-11)6-3-7-19-21/h1-7H,(H2,18,22). The molecule has 5 nitrogen and oxygen atoms in total. The molecule has 0 spiro atoms. The van der Waals surface area contributed by atoms with Crippen LogP contribution in [-0.2, 0) is 6.18 Å². The van der Waals surface area contributed by atoms with Crippen molar-refractivity contribution >= 4 is 11.6 Å². The number of hydrogen-bond donors (Lipinski definition) is 1. The molecule has 0 unspecified atom stereocenters. The van der Waals surface area contributed by atoms with E-state index in [0.29, 0.717) is 0 Å². The van der Waals surface area contributed by atoms with Crippen molar-refractivity contribution in [3.05, 3.63) is 53.9 Å². The van der Waals surface area contributed by atoms with Crippen molar-refractivity contribution in [3.8, 4) is 11.3 Å². The van der Waals surface area contributed by atoms with Crippen LogP contribution < -0.4 is 5.73 Å². The average molecular weight is 306 g/mol. The Morgan fingerprint density at radius 2 is 1.86 bits per heavy atom. The topological polar surface area (TPSA) is 73.3 Å². The fraction of sp³-hybridized carbons (Fsp3) is 0.0714. The second-order valence-corrected chi connectivity index (χ2v) is 4.51. The number of carbonyl (C=O) groups is 1. The molecule has 3 rings (SSSR count). The number of aromatic nitrogens is 3. The number of rotatable bonds is 2. The Morgan fingerprint density at radius 1 is 1.14 bits per heavy atom. The summed E-state index contributed by atoms with van der Waals surface area (Å²) in [5.41, 5.74) is 4.11. The van der Waals surface area contributed by atoms with Crippen LogP contribution in [0.5, 0.6) is 0 Å². The largest absolute Gasteiger partial charge is 0.417 e. The minimum absolute atomic E-state index is 0.140. The van der Waals surface area contributed by atoms with E-state index in [2.05, 4.69) is 10.1 Å². The molecule has 0 atom stereocenters. The molecule has 2 aromatic heterocycles. The lowest BCUT2D eigenvalue weighted by Crippen LogP contribution is -2.17. The highest BCUT2D eigenvalue weighted by molar-refractivity contribution is 5.98. The molecule has 0 saturated heterocycles. The first-order chi connectivity index (χ1) is 10.4. The maximum atomic E-state index is 13.2. The Morgan fingerprint density at radius 3 is 2.55 bits per heavy atom. The van der Waals surface area contributed by atoms with Gasteiger partial charge in [0.1, 0.15) is 5.69 Å². The summed E-state index contributed by atoms with van der Waals surface area (Å²) < 4.78 is 40.6. The third-order valence-corrected chi connectivity index (χ3v) is 3.11. The minimum Gasteiger partial charge on any atom is -0.364 e. The van der Waals surface area contributed by atoms with Crippen molar-refractivity contribution in [1.29, 1.82) is 0 Å². The lowest BCUT2D eigenvalue weighted by atomic mass is 10.0. The summed E-state index contributed by atoms with van der Waals surface area (Å²) in [5.74, 6) is -0.904. The maximum Gasteiger partial charge on any atom is 0.417 e. The van der Waals surface area contributed by atoms with E-state index in [1.807, 2.05) is 0 Å². The number of alkyl halides is 3. The SMILES string of the molecule is NC(=O)c1c(-c2ccccc2C(F)(F)F)nc2cccnn12. The molecule has 2 heterocycles. The monoisotopic (exact) mass is 306 g/mol. The molecule has 0 fully saturated rings. The van der Waals surface area contributed by atoms with Crippen LogP contribution in [0.25, 0.3) is 16.9 Å². The predicted molar refractivity (Wildman–Crippen MR) is 71.9 cm³/mol. The summed E-state index contributed by atoms with van der Waals surface area (Å²) in [5, 5.41) is 3.91. The fourth-order valence-electron chi connectivity index (χ4n) is 2.23. The van der Waals surface area contributed by atoms with Crippen molar-refractivity contribution < 1.29 is 18.0 Å². The molecular weight excluding hydrogens is 297 g/mol. The van der Waals surface area contributed by atoms with Gasteiger partial charge in [0.15, 0.2) is 11.3 Å². The van der Waals surface area contributed by atoms with Crippen LogP contribution in [0.2, 0.25) is 0 Å². The summed E-state index contributed by atoms with van der Waals surface area (Å²) in [7, 11) is 0. The number of amides is 1. The van der Waals surface area contributed by atoms with E-state index in [1.54, 1.807) is 6.07 Å². The normalized spacial score (nSPS) is 11.8. The highest BCUT2D eigenvalue weighted by atomic mass is 19.4. The summed E-state index contributed by atoms with van der Waals surface area (Å²) >= 11 is 0. The Bertz CT molecular complexity index is 870. The van der Waals surface area contributed by atoms with E-state index >= 15 is 0 Å². The zero-order valence-corrected chi connectivity index (χ0v) is 11.0. The van der Waals surface area contributed by atoms with Crippen LogP contribution in [0.4, 0.5) is 13.2 Å². The summed E-state index contributed by atoms with van der Waals surface area (Å²) in [6, 6.07) is 7.97. The summed E-state index contributed by atoms with van der Waals surface area (Å²) in [6.07, 6.45) is -3.19. The van der Waals surface area contributed by atoms with Crippen LogP contribution in [-0.4, -0.2) is 20.5 Å². The molecule has 112 valence electrons. The first-order valence-electron chi connectivity index (χ1n) is 6.20. The van der Waals surface area contributed by atoms with Gasteiger partial charge in [0, 0.05) is 11.8 Å². The van der Waals surface area contributed by atoms with Crippen molar-refractivity contribution in [2.75, 3.05) is 0 Å². The highest BCUT2D eigenvalue weighted by Crippen LogP contribution is 2.37. The van der Waals surface area contributed by atoms with E-state index in [4.69, 9.17) is 5.73 Å². The third-order valence-electron chi connectivity index (χ3n) is 3.11. The Balaban J connectivity index is 2.37. The number of hydrogen-bond acceptors (Lipinski definition) is 3. The number of halogens is 3. The zero-order valence-electron chi connectivity index (χ0n) is 11.0. The van der Waals surface area contributed by atoms with E-state index < -0.39 is 17.6 Å². The predicted octanol–water partition coefficient (Wildman–Crippen LogP) is 2.51. The van der Waals surface area contributed by atoms with Gasteiger partial charge in [-0.05, 0) is 18.2 Å². The van der Waals surface area contributed by atoms with E-state index in [9.17, 15) is 18.0 Å². The maximum absolute atomic E-state index is 13.2. The second-order valence-electron chi connectivity index (χ2n) is 4.51. The molecule has 0 bridgehead atoms. The van der Waals surface area contributed by atoms with E-state index in [1.165, 1.54) is 30.5 Å². The Hall–Kier alpha value is -2.90. The minimum atomic E-state index is -4.57. The van der Waals surface area contributed by atoms with Gasteiger partial charge in [-0.25, -0.2) is 9.50 Å². The molecule has 0 aliphatic rings. The number of carbonyl (C=O) groups excluding carboxylic acids is 1. The molecule has 1 aromatic carbocycles. The van der Waals surface area contributed by atoms with Gasteiger partial charge < -0.3 is 5.73 Å². The van der Waals surface area contributed by atoms with Gasteiger partial charge in [0.25, 0.3) is 5.91 Å². The van der Waals surface area contributed by atoms with Crippen molar-refractivity contribution in [2.24, 2.45) is 5.73 Å². The van der Waals surface area contributed by atoms with Crippen LogP contribution in [0.3, 0.4) is 0 Å². The first kappa shape index (κ1) is 14.1. The van der Waals surface area contributed by atoms with Gasteiger partial charge in [-0.15, -0.1) is 0 Å². The van der Waals surface area contributed by atoms with Gasteiger partial charge in [0.2, 0.25) is 0 Å². The molecule has 2 N–H and O–H groups in total. The van der Waals surface area contributed by atoms with Crippen molar-refractivity contribution in [2.45, 2.75) is 6.18 Å². The molecular formula is C14H9F3N4O. The molecule has 0 radical (unpaired) electrons. The van der Waals surface area contributed by atoms with Gasteiger partial charge in [-0.1, -0.05) is 18.2 Å². The van der Waals surface area contributed by atoms with E-state index in [-0.39, 0.29) is 22.6 Å². The second kappa shape index (κ2) is 4.83. The van der Waals surface area contributed by atoms with Gasteiger partial charge in [-0.3, -0.25) is 4.79 Å². The number of benzene rings is 1. The quantitative estimate of drug-likeness (QED) is 0.790. The Labute approximate surface area is 122 Å². The van der Waals surface area contributed by atoms with Crippen LogP contribution in [0, 0.1) is 0 Å². The van der Waals surface area contributed by atoms with Gasteiger partial charge in [0.05, 0.1) is 5.56 Å². The molecule has 8 heteroatoms. The van der Waals surface area contributed by atoms with Crippen molar-refractivity contribution in [1.82, 2.24) is 14.6 Å². The highest BCUT2D eigenvalue weighted by Gasteiger charge is 2.35. The van der Waals surface area contributed by atoms with Crippen LogP contribution in [0.1, 0.15) is 16.1 Å². The molecule has 0 saturated carbocycles. The van der Waals surface area contributed by atoms with E-state index in [0.717, 1.165) is 10.6 Å². The number of nitrogens with two attached hydrogens (primary N) is 1. The molecule has 3 aromatic rings. The Kier molecular flexibility index (Phi) is 3.09. The van der Waals surface area contributed by atoms with Crippen LogP contribution in [0.15, 0.2) is 42.6 Å². The number of imidazole rings is 1. The molecule has 1 amide bonds. The number of nitrogens with zero attached hydrogens (tertiary/aromatic N) is 3. The van der Waals surface area contributed by atoms with Crippen molar-refractivity contribution in [3.63, 3.8) is 0 Å². The van der Waals surface area contributed by atoms with Gasteiger partial charge in [-0.2, -0.15) is 18.3 Å². The molecule has 22 heavy (non-hydrogen) atoms. The fourth-order valence-corrected chi connectivity index (χ4v) is 2.23.